The smallest absolute Gasteiger partial charge is 0.128 e. The number of halogens is 2. The van der Waals surface area contributed by atoms with Crippen LogP contribution in [-0.4, -0.2) is 0 Å². The van der Waals surface area contributed by atoms with Gasteiger partial charge in [0.2, 0.25) is 0 Å². The van der Waals surface area contributed by atoms with Crippen LogP contribution in [0.5, 0.6) is 0 Å². The highest BCUT2D eigenvalue weighted by molar-refractivity contribution is 5.59. The van der Waals surface area contributed by atoms with Crippen molar-refractivity contribution < 1.29 is 8.78 Å². The number of benzene rings is 2. The Kier molecular flexibility index (Phi) is 2.81. The molecular weight excluding hydrogens is 268 g/mol. The van der Waals surface area contributed by atoms with Crippen LogP contribution in [0.1, 0.15) is 29.5 Å². The summed E-state index contributed by atoms with van der Waals surface area (Å²) in [6, 6.07) is 11.6. The molecule has 2 aliphatic rings. The minimum Gasteiger partial charge on any atom is -0.378 e. The molecule has 0 fully saturated rings. The second kappa shape index (κ2) is 4.69. The molecule has 0 unspecified atom stereocenters. The van der Waals surface area contributed by atoms with Crippen molar-refractivity contribution in [1.82, 2.24) is 0 Å². The number of fused-ring (bicyclic) bond motifs is 3. The molecule has 1 heterocycles. The van der Waals surface area contributed by atoms with E-state index in [9.17, 15) is 8.78 Å². The maximum absolute atomic E-state index is 14.2. The molecule has 2 aromatic rings. The van der Waals surface area contributed by atoms with E-state index in [4.69, 9.17) is 0 Å². The lowest BCUT2D eigenvalue weighted by molar-refractivity contribution is 0.412. The van der Waals surface area contributed by atoms with Gasteiger partial charge in [0.05, 0.1) is 6.04 Å². The minimum atomic E-state index is -0.223. The SMILES string of the molecule is Fc1ccc2c(c1)[C@@H]1C=CC[C@H]1[C@H](c1ccccc1F)N2. The Morgan fingerprint density at radius 1 is 1.00 bits per heavy atom. The van der Waals surface area contributed by atoms with Crippen LogP contribution in [0.15, 0.2) is 54.6 Å². The lowest BCUT2D eigenvalue weighted by Crippen LogP contribution is -2.29. The van der Waals surface area contributed by atoms with Gasteiger partial charge in [-0.15, -0.1) is 0 Å². The van der Waals surface area contributed by atoms with E-state index < -0.39 is 0 Å². The van der Waals surface area contributed by atoms with Crippen LogP contribution >= 0.6 is 0 Å². The van der Waals surface area contributed by atoms with Crippen molar-refractivity contribution in [3.05, 3.63) is 77.4 Å². The summed E-state index contributed by atoms with van der Waals surface area (Å²) in [6.07, 6.45) is 5.12. The molecule has 1 aliphatic carbocycles. The van der Waals surface area contributed by atoms with E-state index in [1.165, 1.54) is 12.1 Å². The van der Waals surface area contributed by atoms with Gasteiger partial charge in [-0.2, -0.15) is 0 Å². The molecule has 2 aromatic carbocycles. The maximum Gasteiger partial charge on any atom is 0.128 e. The first-order chi connectivity index (χ1) is 10.2. The summed E-state index contributed by atoms with van der Waals surface area (Å²) in [7, 11) is 0. The Hall–Kier alpha value is -2.16. The zero-order valence-electron chi connectivity index (χ0n) is 11.4. The Morgan fingerprint density at radius 3 is 2.71 bits per heavy atom. The number of hydrogen-bond donors (Lipinski definition) is 1. The van der Waals surface area contributed by atoms with Gasteiger partial charge in [-0.05, 0) is 42.2 Å². The van der Waals surface area contributed by atoms with E-state index in [-0.39, 0.29) is 29.5 Å². The molecule has 0 aromatic heterocycles. The number of nitrogens with one attached hydrogen (secondary N) is 1. The Morgan fingerprint density at radius 2 is 1.86 bits per heavy atom. The van der Waals surface area contributed by atoms with E-state index >= 15 is 0 Å². The normalized spacial score (nSPS) is 26.1. The van der Waals surface area contributed by atoms with Gasteiger partial charge in [-0.3, -0.25) is 0 Å². The summed E-state index contributed by atoms with van der Waals surface area (Å²) in [4.78, 5) is 0. The fourth-order valence-electron chi connectivity index (χ4n) is 3.60. The molecule has 3 atom stereocenters. The largest absolute Gasteiger partial charge is 0.378 e. The van der Waals surface area contributed by atoms with Crippen LogP contribution in [0.4, 0.5) is 14.5 Å². The van der Waals surface area contributed by atoms with Crippen molar-refractivity contribution in [3.63, 3.8) is 0 Å². The third-order valence-electron chi connectivity index (χ3n) is 4.57. The molecule has 106 valence electrons. The Labute approximate surface area is 122 Å². The van der Waals surface area contributed by atoms with Gasteiger partial charge in [0, 0.05) is 17.2 Å². The van der Waals surface area contributed by atoms with Crippen molar-refractivity contribution in [2.75, 3.05) is 5.32 Å². The number of rotatable bonds is 1. The van der Waals surface area contributed by atoms with Crippen molar-refractivity contribution in [1.29, 1.82) is 0 Å². The highest BCUT2D eigenvalue weighted by atomic mass is 19.1. The fourth-order valence-corrected chi connectivity index (χ4v) is 3.60. The van der Waals surface area contributed by atoms with E-state index in [0.717, 1.165) is 17.7 Å². The number of allylic oxidation sites excluding steroid dienone is 2. The van der Waals surface area contributed by atoms with Crippen molar-refractivity contribution >= 4 is 5.69 Å². The van der Waals surface area contributed by atoms with E-state index in [1.807, 2.05) is 12.1 Å². The number of anilines is 1. The van der Waals surface area contributed by atoms with Crippen LogP contribution in [0.25, 0.3) is 0 Å². The van der Waals surface area contributed by atoms with E-state index in [1.54, 1.807) is 18.2 Å². The second-order valence-electron chi connectivity index (χ2n) is 5.73. The molecule has 3 heteroatoms. The zero-order chi connectivity index (χ0) is 14.4. The molecule has 1 nitrogen and oxygen atoms in total. The van der Waals surface area contributed by atoms with Crippen LogP contribution in [-0.2, 0) is 0 Å². The molecule has 0 amide bonds. The Bertz CT molecular complexity index is 723. The van der Waals surface area contributed by atoms with Crippen LogP contribution in [0.2, 0.25) is 0 Å². The summed E-state index contributed by atoms with van der Waals surface area (Å²) >= 11 is 0. The lowest BCUT2D eigenvalue weighted by atomic mass is 9.77. The van der Waals surface area contributed by atoms with Gasteiger partial charge < -0.3 is 5.32 Å². The fraction of sp³-hybridized carbons (Fsp3) is 0.222. The highest BCUT2D eigenvalue weighted by Gasteiger charge is 2.38. The summed E-state index contributed by atoms with van der Waals surface area (Å²) < 4.78 is 27.7. The monoisotopic (exact) mass is 283 g/mol. The molecule has 21 heavy (non-hydrogen) atoms. The number of hydrogen-bond acceptors (Lipinski definition) is 1. The topological polar surface area (TPSA) is 12.0 Å². The van der Waals surface area contributed by atoms with Crippen LogP contribution in [0, 0.1) is 17.6 Å². The molecule has 0 radical (unpaired) electrons. The molecule has 1 N–H and O–H groups in total. The van der Waals surface area contributed by atoms with E-state index in [2.05, 4.69) is 17.5 Å². The first-order valence-electron chi connectivity index (χ1n) is 7.21. The van der Waals surface area contributed by atoms with Gasteiger partial charge >= 0.3 is 0 Å². The van der Waals surface area contributed by atoms with Gasteiger partial charge in [-0.25, -0.2) is 8.78 Å². The predicted octanol–water partition coefficient (Wildman–Crippen LogP) is 4.79. The van der Waals surface area contributed by atoms with Gasteiger partial charge in [0.25, 0.3) is 0 Å². The first kappa shape index (κ1) is 12.6. The van der Waals surface area contributed by atoms with Crippen LogP contribution < -0.4 is 5.32 Å². The van der Waals surface area contributed by atoms with Crippen molar-refractivity contribution in [2.24, 2.45) is 5.92 Å². The summed E-state index contributed by atoms with van der Waals surface area (Å²) in [5.41, 5.74) is 2.56. The second-order valence-corrected chi connectivity index (χ2v) is 5.73. The molecule has 0 saturated heterocycles. The average molecular weight is 283 g/mol. The van der Waals surface area contributed by atoms with Gasteiger partial charge in [-0.1, -0.05) is 30.4 Å². The third-order valence-corrected chi connectivity index (χ3v) is 4.57. The zero-order valence-corrected chi connectivity index (χ0v) is 11.4. The quantitative estimate of drug-likeness (QED) is 0.742. The Balaban J connectivity index is 1.82. The van der Waals surface area contributed by atoms with Crippen LogP contribution in [0.3, 0.4) is 0 Å². The molecule has 0 saturated carbocycles. The standard InChI is InChI=1S/C18H15F2N/c19-11-8-9-17-15(10-11)12-5-3-6-13(12)18(21-17)14-4-1-2-7-16(14)20/h1-5,7-10,12-13,18,21H,6H2/t12-,13-,18-/m1/s1. The maximum atomic E-state index is 14.2. The van der Waals surface area contributed by atoms with Gasteiger partial charge in [0.15, 0.2) is 0 Å². The lowest BCUT2D eigenvalue weighted by Gasteiger charge is -2.37. The summed E-state index contributed by atoms with van der Waals surface area (Å²) in [5, 5.41) is 3.41. The summed E-state index contributed by atoms with van der Waals surface area (Å²) in [5.74, 6) is -0.0251. The van der Waals surface area contributed by atoms with Crippen molar-refractivity contribution in [2.45, 2.75) is 18.4 Å². The average Bonchev–Trinajstić information content (AvgIpc) is 2.97. The molecular formula is C18H15F2N. The van der Waals surface area contributed by atoms with Gasteiger partial charge in [0.1, 0.15) is 11.6 Å². The van der Waals surface area contributed by atoms with Crippen molar-refractivity contribution in [3.8, 4) is 0 Å². The minimum absolute atomic E-state index is 0.0795. The molecule has 0 bridgehead atoms. The molecule has 1 aliphatic heterocycles. The van der Waals surface area contributed by atoms with E-state index in [0.29, 0.717) is 5.56 Å². The molecule has 0 spiro atoms. The third kappa shape index (κ3) is 1.96. The molecule has 4 rings (SSSR count). The predicted molar refractivity (Wildman–Crippen MR) is 79.2 cm³/mol. The highest BCUT2D eigenvalue weighted by Crippen LogP contribution is 2.50. The first-order valence-corrected chi connectivity index (χ1v) is 7.21. The summed E-state index contributed by atoms with van der Waals surface area (Å²) in [6.45, 7) is 0.